The maximum Gasteiger partial charge on any atom is 0.338 e. The molecule has 2 rings (SSSR count). The highest BCUT2D eigenvalue weighted by molar-refractivity contribution is 5.91. The number of esters is 1. The minimum atomic E-state index is -0.259. The predicted octanol–water partition coefficient (Wildman–Crippen LogP) is 2.82. The first-order valence-electron chi connectivity index (χ1n) is 8.04. The number of aryl methyl sites for hydroxylation is 1. The SMILES string of the molecule is Cc1cccc(C(=O)OCC2CN(CC(C)C)CCO2)c1C. The second-order valence-electron chi connectivity index (χ2n) is 6.49. The number of benzene rings is 1. The van der Waals surface area contributed by atoms with Crippen molar-refractivity contribution in [2.75, 3.05) is 32.8 Å². The minimum absolute atomic E-state index is 0.0263. The number of ether oxygens (including phenoxy) is 2. The van der Waals surface area contributed by atoms with Crippen LogP contribution in [0.4, 0.5) is 0 Å². The van der Waals surface area contributed by atoms with Gasteiger partial charge in [0, 0.05) is 19.6 Å². The first-order valence-corrected chi connectivity index (χ1v) is 8.04. The van der Waals surface area contributed by atoms with Crippen LogP contribution in [-0.2, 0) is 9.47 Å². The number of morpholine rings is 1. The molecular weight excluding hydrogens is 278 g/mol. The predicted molar refractivity (Wildman–Crippen MR) is 87.2 cm³/mol. The van der Waals surface area contributed by atoms with E-state index in [4.69, 9.17) is 9.47 Å². The summed E-state index contributed by atoms with van der Waals surface area (Å²) in [6, 6.07) is 5.71. The van der Waals surface area contributed by atoms with Crippen molar-refractivity contribution in [3.05, 3.63) is 34.9 Å². The fourth-order valence-electron chi connectivity index (χ4n) is 2.78. The molecule has 1 heterocycles. The lowest BCUT2D eigenvalue weighted by molar-refractivity contribution is -0.0612. The molecule has 0 spiro atoms. The van der Waals surface area contributed by atoms with E-state index in [0.29, 0.717) is 24.7 Å². The lowest BCUT2D eigenvalue weighted by atomic mass is 10.0. The van der Waals surface area contributed by atoms with Gasteiger partial charge in [0.25, 0.3) is 0 Å². The zero-order valence-corrected chi connectivity index (χ0v) is 14.1. The third-order valence-corrected chi connectivity index (χ3v) is 4.07. The summed E-state index contributed by atoms with van der Waals surface area (Å²) in [6.07, 6.45) is -0.0263. The van der Waals surface area contributed by atoms with Crippen LogP contribution in [0.5, 0.6) is 0 Å². The molecule has 0 bridgehead atoms. The molecule has 0 saturated carbocycles. The summed E-state index contributed by atoms with van der Waals surface area (Å²) in [5, 5.41) is 0. The average molecular weight is 305 g/mol. The topological polar surface area (TPSA) is 38.8 Å². The summed E-state index contributed by atoms with van der Waals surface area (Å²) in [6.45, 7) is 12.3. The Kier molecular flexibility index (Phi) is 5.98. The highest BCUT2D eigenvalue weighted by Crippen LogP contribution is 2.15. The summed E-state index contributed by atoms with van der Waals surface area (Å²) in [5.74, 6) is 0.377. The van der Waals surface area contributed by atoms with Crippen LogP contribution in [0.3, 0.4) is 0 Å². The second kappa shape index (κ2) is 7.75. The Balaban J connectivity index is 1.87. The number of carbonyl (C=O) groups is 1. The minimum Gasteiger partial charge on any atom is -0.459 e. The van der Waals surface area contributed by atoms with Crippen LogP contribution in [0.1, 0.15) is 35.3 Å². The number of nitrogens with zero attached hydrogens (tertiary/aromatic N) is 1. The van der Waals surface area contributed by atoms with Crippen LogP contribution in [0.25, 0.3) is 0 Å². The molecule has 4 heteroatoms. The van der Waals surface area contributed by atoms with Crippen molar-refractivity contribution in [3.8, 4) is 0 Å². The van der Waals surface area contributed by atoms with E-state index in [0.717, 1.165) is 30.8 Å². The van der Waals surface area contributed by atoms with Crippen LogP contribution < -0.4 is 0 Å². The molecule has 0 amide bonds. The molecule has 1 aliphatic rings. The van der Waals surface area contributed by atoms with E-state index >= 15 is 0 Å². The summed E-state index contributed by atoms with van der Waals surface area (Å²) in [7, 11) is 0. The van der Waals surface area contributed by atoms with Crippen LogP contribution >= 0.6 is 0 Å². The number of rotatable bonds is 5. The van der Waals surface area contributed by atoms with E-state index in [1.807, 2.05) is 32.0 Å². The van der Waals surface area contributed by atoms with Gasteiger partial charge in [-0.2, -0.15) is 0 Å². The van der Waals surface area contributed by atoms with Gasteiger partial charge in [-0.15, -0.1) is 0 Å². The van der Waals surface area contributed by atoms with Crippen molar-refractivity contribution in [2.24, 2.45) is 5.92 Å². The standard InChI is InChI=1S/C18H27NO3/c1-13(2)10-19-8-9-21-16(11-19)12-22-18(20)17-7-5-6-14(3)15(17)4/h5-7,13,16H,8-12H2,1-4H3. The molecule has 0 aliphatic carbocycles. The maximum absolute atomic E-state index is 12.2. The summed E-state index contributed by atoms with van der Waals surface area (Å²) in [4.78, 5) is 14.6. The van der Waals surface area contributed by atoms with Gasteiger partial charge in [0.05, 0.1) is 12.2 Å². The van der Waals surface area contributed by atoms with E-state index in [-0.39, 0.29) is 12.1 Å². The molecule has 1 unspecified atom stereocenters. The van der Waals surface area contributed by atoms with Gasteiger partial charge in [-0.05, 0) is 37.0 Å². The molecule has 22 heavy (non-hydrogen) atoms. The zero-order valence-electron chi connectivity index (χ0n) is 14.1. The van der Waals surface area contributed by atoms with E-state index in [2.05, 4.69) is 18.7 Å². The van der Waals surface area contributed by atoms with Crippen molar-refractivity contribution in [1.82, 2.24) is 4.90 Å². The van der Waals surface area contributed by atoms with E-state index in [9.17, 15) is 4.79 Å². The lowest BCUT2D eigenvalue weighted by Gasteiger charge is -2.33. The van der Waals surface area contributed by atoms with Gasteiger partial charge in [-0.25, -0.2) is 4.79 Å². The normalized spacial score (nSPS) is 19.4. The highest BCUT2D eigenvalue weighted by atomic mass is 16.6. The Morgan fingerprint density at radius 2 is 2.18 bits per heavy atom. The van der Waals surface area contributed by atoms with Crippen molar-refractivity contribution in [1.29, 1.82) is 0 Å². The molecular formula is C18H27NO3. The van der Waals surface area contributed by atoms with Crippen LogP contribution in [0.15, 0.2) is 18.2 Å². The van der Waals surface area contributed by atoms with Gasteiger partial charge in [-0.3, -0.25) is 4.90 Å². The molecule has 122 valence electrons. The van der Waals surface area contributed by atoms with Gasteiger partial charge >= 0.3 is 5.97 Å². The van der Waals surface area contributed by atoms with Crippen molar-refractivity contribution >= 4 is 5.97 Å². The smallest absolute Gasteiger partial charge is 0.338 e. The van der Waals surface area contributed by atoms with Crippen LogP contribution in [-0.4, -0.2) is 49.8 Å². The number of hydrogen-bond acceptors (Lipinski definition) is 4. The van der Waals surface area contributed by atoms with Crippen LogP contribution in [0.2, 0.25) is 0 Å². The van der Waals surface area contributed by atoms with E-state index in [1.54, 1.807) is 0 Å². The maximum atomic E-state index is 12.2. The molecule has 1 aromatic carbocycles. The molecule has 1 fully saturated rings. The summed E-state index contributed by atoms with van der Waals surface area (Å²) >= 11 is 0. The third kappa shape index (κ3) is 4.55. The fraction of sp³-hybridized carbons (Fsp3) is 0.611. The molecule has 0 radical (unpaired) electrons. The summed E-state index contributed by atoms with van der Waals surface area (Å²) in [5.41, 5.74) is 2.74. The second-order valence-corrected chi connectivity index (χ2v) is 6.49. The molecule has 0 N–H and O–H groups in total. The molecule has 1 aliphatic heterocycles. The van der Waals surface area contributed by atoms with Gasteiger partial charge in [0.1, 0.15) is 12.7 Å². The number of hydrogen-bond donors (Lipinski definition) is 0. The van der Waals surface area contributed by atoms with E-state index < -0.39 is 0 Å². The van der Waals surface area contributed by atoms with E-state index in [1.165, 1.54) is 0 Å². The molecule has 1 aromatic rings. The molecule has 0 aromatic heterocycles. The van der Waals surface area contributed by atoms with Gasteiger partial charge in [0.15, 0.2) is 0 Å². The molecule has 4 nitrogen and oxygen atoms in total. The third-order valence-electron chi connectivity index (χ3n) is 4.07. The monoisotopic (exact) mass is 305 g/mol. The van der Waals surface area contributed by atoms with Gasteiger partial charge in [-0.1, -0.05) is 26.0 Å². The van der Waals surface area contributed by atoms with Crippen molar-refractivity contribution in [2.45, 2.75) is 33.8 Å². The highest BCUT2D eigenvalue weighted by Gasteiger charge is 2.23. The zero-order chi connectivity index (χ0) is 16.1. The average Bonchev–Trinajstić information content (AvgIpc) is 2.47. The Hall–Kier alpha value is -1.39. The lowest BCUT2D eigenvalue weighted by Crippen LogP contribution is -2.45. The Morgan fingerprint density at radius 1 is 1.41 bits per heavy atom. The quantitative estimate of drug-likeness (QED) is 0.784. The first kappa shape index (κ1) is 17.0. The van der Waals surface area contributed by atoms with Gasteiger partial charge < -0.3 is 9.47 Å². The van der Waals surface area contributed by atoms with Gasteiger partial charge in [0.2, 0.25) is 0 Å². The first-order chi connectivity index (χ1) is 10.5. The molecule has 1 saturated heterocycles. The largest absolute Gasteiger partial charge is 0.459 e. The fourth-order valence-corrected chi connectivity index (χ4v) is 2.78. The summed E-state index contributed by atoms with van der Waals surface area (Å²) < 4.78 is 11.2. The Morgan fingerprint density at radius 3 is 2.91 bits per heavy atom. The Labute approximate surface area is 133 Å². The van der Waals surface area contributed by atoms with Crippen LogP contribution in [0, 0.1) is 19.8 Å². The number of carbonyl (C=O) groups excluding carboxylic acids is 1. The van der Waals surface area contributed by atoms with Crippen molar-refractivity contribution < 1.29 is 14.3 Å². The Bertz CT molecular complexity index is 513. The molecule has 1 atom stereocenters. The van der Waals surface area contributed by atoms with Crippen molar-refractivity contribution in [3.63, 3.8) is 0 Å².